The van der Waals surface area contributed by atoms with Crippen LogP contribution in [0.3, 0.4) is 0 Å². The number of piperazine rings is 1. The van der Waals surface area contributed by atoms with Gasteiger partial charge in [-0.15, -0.1) is 11.6 Å². The van der Waals surface area contributed by atoms with Crippen molar-refractivity contribution in [2.24, 2.45) is 0 Å². The van der Waals surface area contributed by atoms with Crippen molar-refractivity contribution in [3.8, 4) is 0 Å². The molecule has 96 valence electrons. The summed E-state index contributed by atoms with van der Waals surface area (Å²) in [6.07, 6.45) is 3.92. The Balaban J connectivity index is 1.70. The van der Waals surface area contributed by atoms with Gasteiger partial charge in [0.1, 0.15) is 5.82 Å². The maximum absolute atomic E-state index is 5.75. The van der Waals surface area contributed by atoms with Crippen LogP contribution in [0.5, 0.6) is 0 Å². The van der Waals surface area contributed by atoms with Crippen molar-refractivity contribution in [1.82, 2.24) is 19.4 Å². The van der Waals surface area contributed by atoms with E-state index < -0.39 is 0 Å². The summed E-state index contributed by atoms with van der Waals surface area (Å²) in [7, 11) is 0. The minimum atomic E-state index is 0.744. The van der Waals surface area contributed by atoms with E-state index in [9.17, 15) is 0 Å². The molecule has 0 atom stereocenters. The smallest absolute Gasteiger partial charge is 0.105 e. The van der Waals surface area contributed by atoms with Crippen molar-refractivity contribution in [1.29, 1.82) is 0 Å². The predicted molar refractivity (Wildman–Crippen MR) is 70.6 cm³/mol. The van der Waals surface area contributed by atoms with Crippen LogP contribution >= 0.6 is 11.6 Å². The molecule has 0 aliphatic carbocycles. The minimum Gasteiger partial charge on any atom is -0.334 e. The first-order chi connectivity index (χ1) is 8.29. The highest BCUT2D eigenvalue weighted by atomic mass is 35.5. The van der Waals surface area contributed by atoms with Gasteiger partial charge in [-0.05, 0) is 6.92 Å². The van der Waals surface area contributed by atoms with E-state index in [-0.39, 0.29) is 0 Å². The summed E-state index contributed by atoms with van der Waals surface area (Å²) < 4.78 is 2.21. The van der Waals surface area contributed by atoms with Crippen LogP contribution in [0.1, 0.15) is 5.82 Å². The highest BCUT2D eigenvalue weighted by Gasteiger charge is 2.15. The topological polar surface area (TPSA) is 24.3 Å². The fourth-order valence-electron chi connectivity index (χ4n) is 2.25. The maximum Gasteiger partial charge on any atom is 0.105 e. The van der Waals surface area contributed by atoms with Crippen LogP contribution in [0.25, 0.3) is 0 Å². The Morgan fingerprint density at radius 3 is 2.29 bits per heavy atom. The standard InChI is InChI=1S/C12H21ClN4/c1-12-14-3-5-17(12)11-10-16-8-6-15(4-2-13)7-9-16/h3,5H,2,4,6-11H2,1H3. The summed E-state index contributed by atoms with van der Waals surface area (Å²) in [5.41, 5.74) is 0. The molecule has 0 aromatic carbocycles. The third kappa shape index (κ3) is 3.69. The monoisotopic (exact) mass is 256 g/mol. The SMILES string of the molecule is Cc1nccn1CCN1CCN(CCCl)CC1. The fourth-order valence-corrected chi connectivity index (χ4v) is 2.48. The molecule has 0 amide bonds. The quantitative estimate of drug-likeness (QED) is 0.736. The molecule has 1 aliphatic heterocycles. The number of aromatic nitrogens is 2. The molecule has 1 aromatic rings. The largest absolute Gasteiger partial charge is 0.334 e. The van der Waals surface area contributed by atoms with Crippen molar-refractivity contribution in [3.05, 3.63) is 18.2 Å². The van der Waals surface area contributed by atoms with Crippen molar-refractivity contribution >= 4 is 11.6 Å². The van der Waals surface area contributed by atoms with Crippen LogP contribution in [0, 0.1) is 6.92 Å². The molecule has 5 heteroatoms. The summed E-state index contributed by atoms with van der Waals surface area (Å²) in [5.74, 6) is 1.85. The van der Waals surface area contributed by atoms with Crippen LogP contribution in [0.15, 0.2) is 12.4 Å². The van der Waals surface area contributed by atoms with E-state index in [1.54, 1.807) is 0 Å². The number of hydrogen-bond acceptors (Lipinski definition) is 3. The zero-order chi connectivity index (χ0) is 12.1. The molecule has 0 unspecified atom stereocenters. The predicted octanol–water partition coefficient (Wildman–Crippen LogP) is 1.05. The van der Waals surface area contributed by atoms with Gasteiger partial charge in [0.05, 0.1) is 0 Å². The zero-order valence-corrected chi connectivity index (χ0v) is 11.2. The highest BCUT2D eigenvalue weighted by Crippen LogP contribution is 2.03. The molecule has 0 bridgehead atoms. The van der Waals surface area contributed by atoms with Crippen LogP contribution in [0.4, 0.5) is 0 Å². The lowest BCUT2D eigenvalue weighted by molar-refractivity contribution is 0.134. The first-order valence-electron chi connectivity index (χ1n) is 6.28. The normalized spacial score (nSPS) is 18.7. The lowest BCUT2D eigenvalue weighted by atomic mass is 10.3. The number of halogens is 1. The van der Waals surface area contributed by atoms with E-state index in [1.807, 2.05) is 6.20 Å². The Labute approximate surface area is 108 Å². The van der Waals surface area contributed by atoms with Crippen LogP contribution in [-0.2, 0) is 6.54 Å². The first-order valence-corrected chi connectivity index (χ1v) is 6.81. The molecular weight excluding hydrogens is 236 g/mol. The Hall–Kier alpha value is -0.580. The van der Waals surface area contributed by atoms with Gasteiger partial charge in [-0.25, -0.2) is 4.98 Å². The van der Waals surface area contributed by atoms with Crippen LogP contribution in [0.2, 0.25) is 0 Å². The molecule has 1 fully saturated rings. The van der Waals surface area contributed by atoms with Gasteiger partial charge in [-0.1, -0.05) is 0 Å². The molecule has 0 saturated carbocycles. The molecule has 17 heavy (non-hydrogen) atoms. The second kappa shape index (κ2) is 6.38. The van der Waals surface area contributed by atoms with E-state index in [0.29, 0.717) is 0 Å². The summed E-state index contributed by atoms with van der Waals surface area (Å²) >= 11 is 5.75. The lowest BCUT2D eigenvalue weighted by Crippen LogP contribution is -2.47. The minimum absolute atomic E-state index is 0.744. The first kappa shape index (κ1) is 12.9. The molecule has 4 nitrogen and oxygen atoms in total. The zero-order valence-electron chi connectivity index (χ0n) is 10.5. The third-order valence-electron chi connectivity index (χ3n) is 3.45. The highest BCUT2D eigenvalue weighted by molar-refractivity contribution is 6.18. The second-order valence-electron chi connectivity index (χ2n) is 4.54. The Bertz CT molecular complexity index is 331. The average molecular weight is 257 g/mol. The van der Waals surface area contributed by atoms with Gasteiger partial charge in [-0.2, -0.15) is 0 Å². The van der Waals surface area contributed by atoms with E-state index in [0.717, 1.165) is 57.5 Å². The second-order valence-corrected chi connectivity index (χ2v) is 4.92. The van der Waals surface area contributed by atoms with Gasteiger partial charge in [-0.3, -0.25) is 9.80 Å². The van der Waals surface area contributed by atoms with Crippen LogP contribution < -0.4 is 0 Å². The summed E-state index contributed by atoms with van der Waals surface area (Å²) in [5, 5.41) is 0. The maximum atomic E-state index is 5.75. The van der Waals surface area contributed by atoms with Crippen molar-refractivity contribution in [2.75, 3.05) is 45.1 Å². The molecule has 0 spiro atoms. The number of alkyl halides is 1. The van der Waals surface area contributed by atoms with Gasteiger partial charge < -0.3 is 4.57 Å². The molecule has 0 N–H and O–H groups in total. The van der Waals surface area contributed by atoms with Gasteiger partial charge in [0.15, 0.2) is 0 Å². The van der Waals surface area contributed by atoms with Crippen LogP contribution in [-0.4, -0.2) is 64.5 Å². The molecule has 1 aliphatic rings. The molecule has 2 rings (SSSR count). The van der Waals surface area contributed by atoms with Gasteiger partial charge in [0.25, 0.3) is 0 Å². The van der Waals surface area contributed by atoms with Crippen molar-refractivity contribution < 1.29 is 0 Å². The fraction of sp³-hybridized carbons (Fsp3) is 0.750. The van der Waals surface area contributed by atoms with E-state index in [1.165, 1.54) is 0 Å². The average Bonchev–Trinajstić information content (AvgIpc) is 2.75. The Morgan fingerprint density at radius 2 is 1.76 bits per heavy atom. The summed E-state index contributed by atoms with van der Waals surface area (Å²) in [4.78, 5) is 9.19. The molecule has 1 aromatic heterocycles. The van der Waals surface area contributed by atoms with E-state index in [2.05, 4.69) is 32.5 Å². The summed E-state index contributed by atoms with van der Waals surface area (Å²) in [6.45, 7) is 9.85. The van der Waals surface area contributed by atoms with Gasteiger partial charge in [0, 0.05) is 64.1 Å². The number of rotatable bonds is 5. The van der Waals surface area contributed by atoms with Crippen molar-refractivity contribution in [3.63, 3.8) is 0 Å². The Morgan fingerprint density at radius 1 is 1.12 bits per heavy atom. The van der Waals surface area contributed by atoms with E-state index in [4.69, 9.17) is 11.6 Å². The number of nitrogens with zero attached hydrogens (tertiary/aromatic N) is 4. The van der Waals surface area contributed by atoms with Crippen molar-refractivity contribution in [2.45, 2.75) is 13.5 Å². The molecule has 2 heterocycles. The molecular formula is C12H21ClN4. The number of imidazole rings is 1. The Kier molecular flexibility index (Phi) is 4.83. The molecule has 0 radical (unpaired) electrons. The van der Waals surface area contributed by atoms with E-state index >= 15 is 0 Å². The summed E-state index contributed by atoms with van der Waals surface area (Å²) in [6, 6.07) is 0. The van der Waals surface area contributed by atoms with Gasteiger partial charge in [0.2, 0.25) is 0 Å². The lowest BCUT2D eigenvalue weighted by Gasteiger charge is -2.34. The molecule has 1 saturated heterocycles. The number of hydrogen-bond donors (Lipinski definition) is 0. The number of aryl methyl sites for hydroxylation is 1. The van der Waals surface area contributed by atoms with Gasteiger partial charge >= 0.3 is 0 Å². The third-order valence-corrected chi connectivity index (χ3v) is 3.62.